The predicted octanol–water partition coefficient (Wildman–Crippen LogP) is 8.50. The van der Waals surface area contributed by atoms with Gasteiger partial charge in [-0.25, -0.2) is 0 Å². The first-order valence-corrected chi connectivity index (χ1v) is 12.4. The van der Waals surface area contributed by atoms with Crippen molar-refractivity contribution >= 4 is 44.5 Å². The predicted molar refractivity (Wildman–Crippen MR) is 148 cm³/mol. The van der Waals surface area contributed by atoms with Crippen molar-refractivity contribution in [1.82, 2.24) is 4.57 Å². The molecule has 0 atom stereocenters. The van der Waals surface area contributed by atoms with Gasteiger partial charge in [-0.1, -0.05) is 62.4 Å². The molecular weight excluding hydrogens is 424 g/mol. The summed E-state index contributed by atoms with van der Waals surface area (Å²) >= 11 is 0. The number of hydrogen-bond donors (Lipinski definition) is 0. The molecule has 6 aromatic rings. The summed E-state index contributed by atoms with van der Waals surface area (Å²) in [7, 11) is 0. The second kappa shape index (κ2) is 6.49. The number of nitrogens with zero attached hydrogens (tertiary/aromatic N) is 2. The van der Waals surface area contributed by atoms with Gasteiger partial charge in [0.25, 0.3) is 0 Å². The molecule has 1 aliphatic carbocycles. The molecule has 2 nitrogen and oxygen atoms in total. The van der Waals surface area contributed by atoms with Crippen molar-refractivity contribution in [2.45, 2.75) is 25.7 Å². The summed E-state index contributed by atoms with van der Waals surface area (Å²) in [6, 6.07) is 33.8. The molecule has 5 aromatic carbocycles. The third-order valence-corrected chi connectivity index (χ3v) is 8.20. The summed E-state index contributed by atoms with van der Waals surface area (Å²) in [5.41, 5.74) is 11.7. The number of fused-ring (bicyclic) bond motifs is 9. The molecule has 0 spiro atoms. The van der Waals surface area contributed by atoms with E-state index in [1.54, 1.807) is 0 Å². The zero-order valence-electron chi connectivity index (χ0n) is 19.8. The summed E-state index contributed by atoms with van der Waals surface area (Å²) in [5, 5.41) is 5.28. The van der Waals surface area contributed by atoms with Crippen LogP contribution in [0.15, 0.2) is 96.0 Å². The largest absolute Gasteiger partial charge is 0.309 e. The van der Waals surface area contributed by atoms with Gasteiger partial charge in [0.05, 0.1) is 16.7 Å². The highest BCUT2D eigenvalue weighted by molar-refractivity contribution is 6.18. The van der Waals surface area contributed by atoms with Gasteiger partial charge in [0, 0.05) is 34.5 Å². The molecule has 2 heterocycles. The Hall–Kier alpha value is -4.17. The molecule has 2 heteroatoms. The van der Waals surface area contributed by atoms with Crippen LogP contribution in [0.3, 0.4) is 0 Å². The summed E-state index contributed by atoms with van der Waals surface area (Å²) < 4.78 is 2.44. The van der Waals surface area contributed by atoms with Crippen LogP contribution in [0.4, 0.5) is 5.69 Å². The average molecular weight is 449 g/mol. The van der Waals surface area contributed by atoms with E-state index in [-0.39, 0.29) is 5.41 Å². The lowest BCUT2D eigenvalue weighted by atomic mass is 9.81. The van der Waals surface area contributed by atoms with E-state index in [0.29, 0.717) is 0 Å². The summed E-state index contributed by atoms with van der Waals surface area (Å²) in [5.74, 6) is 0. The Kier molecular flexibility index (Phi) is 3.55. The molecule has 8 rings (SSSR count). The number of benzene rings is 5. The van der Waals surface area contributed by atoms with Crippen molar-refractivity contribution in [2.24, 2.45) is 4.99 Å². The smallest absolute Gasteiger partial charge is 0.0663 e. The van der Waals surface area contributed by atoms with Crippen LogP contribution in [0.5, 0.6) is 0 Å². The average Bonchev–Trinajstić information content (AvgIpc) is 3.54. The minimum Gasteiger partial charge on any atom is -0.309 e. The van der Waals surface area contributed by atoms with E-state index < -0.39 is 0 Å². The number of rotatable bonds is 1. The second-order valence-electron chi connectivity index (χ2n) is 10.4. The lowest BCUT2D eigenvalue weighted by Crippen LogP contribution is -2.14. The van der Waals surface area contributed by atoms with Crippen LogP contribution in [-0.2, 0) is 11.8 Å². The third kappa shape index (κ3) is 2.41. The minimum absolute atomic E-state index is 0.0446. The van der Waals surface area contributed by atoms with Crippen molar-refractivity contribution < 1.29 is 0 Å². The molecule has 2 aliphatic rings. The summed E-state index contributed by atoms with van der Waals surface area (Å²) in [6.45, 7) is 4.75. The van der Waals surface area contributed by atoms with Gasteiger partial charge in [0.2, 0.25) is 0 Å². The molecule has 0 amide bonds. The zero-order valence-corrected chi connectivity index (χ0v) is 19.8. The van der Waals surface area contributed by atoms with Crippen LogP contribution < -0.4 is 0 Å². The van der Waals surface area contributed by atoms with Gasteiger partial charge in [0.1, 0.15) is 0 Å². The molecule has 0 saturated carbocycles. The van der Waals surface area contributed by atoms with Gasteiger partial charge in [-0.05, 0) is 81.1 Å². The number of hydrogen-bond acceptors (Lipinski definition) is 1. The molecular formula is C33H24N2. The molecule has 0 N–H and O–H groups in total. The number of aliphatic imine (C=N–C) groups is 1. The lowest BCUT2D eigenvalue weighted by Gasteiger charge is -2.22. The van der Waals surface area contributed by atoms with Gasteiger partial charge in [0.15, 0.2) is 0 Å². The van der Waals surface area contributed by atoms with Gasteiger partial charge in [-0.3, -0.25) is 4.99 Å². The molecule has 0 unspecified atom stereocenters. The number of para-hydroxylation sites is 1. The fraction of sp³-hybridized carbons (Fsp3) is 0.121. The van der Waals surface area contributed by atoms with Crippen LogP contribution in [-0.4, -0.2) is 10.8 Å². The Labute approximate surface area is 204 Å². The monoisotopic (exact) mass is 448 g/mol. The second-order valence-corrected chi connectivity index (χ2v) is 10.4. The lowest BCUT2D eigenvalue weighted by molar-refractivity contribution is 0.661. The zero-order chi connectivity index (χ0) is 23.3. The van der Waals surface area contributed by atoms with Gasteiger partial charge >= 0.3 is 0 Å². The normalized spacial score (nSPS) is 15.1. The van der Waals surface area contributed by atoms with Crippen molar-refractivity contribution in [2.75, 3.05) is 0 Å². The fourth-order valence-corrected chi connectivity index (χ4v) is 6.49. The third-order valence-electron chi connectivity index (χ3n) is 8.20. The van der Waals surface area contributed by atoms with E-state index >= 15 is 0 Å². The van der Waals surface area contributed by atoms with Crippen LogP contribution in [0, 0.1) is 0 Å². The molecule has 1 aliphatic heterocycles. The van der Waals surface area contributed by atoms with Crippen LogP contribution in [0.2, 0.25) is 0 Å². The molecule has 0 radical (unpaired) electrons. The Morgan fingerprint density at radius 2 is 1.54 bits per heavy atom. The Balaban J connectivity index is 1.52. The van der Waals surface area contributed by atoms with Crippen molar-refractivity contribution in [3.8, 4) is 16.8 Å². The van der Waals surface area contributed by atoms with E-state index in [2.05, 4.69) is 114 Å². The van der Waals surface area contributed by atoms with E-state index in [1.165, 1.54) is 66.1 Å². The first kappa shape index (κ1) is 19.2. The molecule has 35 heavy (non-hydrogen) atoms. The minimum atomic E-state index is -0.0446. The van der Waals surface area contributed by atoms with Crippen molar-refractivity contribution in [1.29, 1.82) is 0 Å². The Bertz CT molecular complexity index is 1900. The summed E-state index contributed by atoms with van der Waals surface area (Å²) in [6.07, 6.45) is 2.92. The van der Waals surface area contributed by atoms with Crippen LogP contribution >= 0.6 is 0 Å². The Morgan fingerprint density at radius 1 is 0.743 bits per heavy atom. The van der Waals surface area contributed by atoms with Crippen molar-refractivity contribution in [3.63, 3.8) is 0 Å². The highest BCUT2D eigenvalue weighted by Gasteiger charge is 2.37. The molecule has 166 valence electrons. The van der Waals surface area contributed by atoms with Gasteiger partial charge < -0.3 is 4.57 Å². The molecule has 0 fully saturated rings. The van der Waals surface area contributed by atoms with Gasteiger partial charge in [-0.2, -0.15) is 0 Å². The maximum atomic E-state index is 4.53. The first-order valence-electron chi connectivity index (χ1n) is 12.4. The molecule has 0 bridgehead atoms. The molecule has 0 saturated heterocycles. The highest BCUT2D eigenvalue weighted by Crippen LogP contribution is 2.54. The van der Waals surface area contributed by atoms with Crippen LogP contribution in [0.25, 0.3) is 49.4 Å². The molecule has 1 aromatic heterocycles. The van der Waals surface area contributed by atoms with Crippen LogP contribution in [0.1, 0.15) is 30.5 Å². The van der Waals surface area contributed by atoms with E-state index in [9.17, 15) is 0 Å². The SMILES string of the molecule is CC1(C)c2cc3ccccc3cc2-c2c1ccc1c2c2ccccc2n1-c1ccc2c(c1)CC=N2. The maximum Gasteiger partial charge on any atom is 0.0663 e. The highest BCUT2D eigenvalue weighted by atomic mass is 15.0. The van der Waals surface area contributed by atoms with E-state index in [1.807, 2.05) is 6.21 Å². The van der Waals surface area contributed by atoms with Gasteiger partial charge in [-0.15, -0.1) is 0 Å². The summed E-state index contributed by atoms with van der Waals surface area (Å²) in [4.78, 5) is 4.53. The number of aromatic nitrogens is 1. The van der Waals surface area contributed by atoms with Crippen molar-refractivity contribution in [3.05, 3.63) is 108 Å². The quantitative estimate of drug-likeness (QED) is 0.240. The Morgan fingerprint density at radius 3 is 2.43 bits per heavy atom. The standard InChI is InChI=1S/C33H24N2/c1-33(2)26-12-14-30-32(31(26)25-18-20-7-3-4-8-21(20)19-27(25)33)24-9-5-6-10-29(24)35(30)23-11-13-28-22(17-23)15-16-34-28/h3-14,16-19H,15H2,1-2H3. The first-order chi connectivity index (χ1) is 17.1. The fourth-order valence-electron chi connectivity index (χ4n) is 6.49. The van der Waals surface area contributed by atoms with E-state index in [0.717, 1.165) is 12.1 Å². The maximum absolute atomic E-state index is 4.53. The van der Waals surface area contributed by atoms with E-state index in [4.69, 9.17) is 0 Å². The topological polar surface area (TPSA) is 17.3 Å².